The SMILES string of the molecule is CC(CC(=O)N1CCN(CC(=O)Nc2ccc(F)cc2)CC1)C1CCNCC1. The maximum absolute atomic E-state index is 12.9. The van der Waals surface area contributed by atoms with Gasteiger partial charge < -0.3 is 15.5 Å². The van der Waals surface area contributed by atoms with Gasteiger partial charge in [-0.3, -0.25) is 14.5 Å². The van der Waals surface area contributed by atoms with Crippen LogP contribution in [-0.4, -0.2) is 67.4 Å². The Labute approximate surface area is 166 Å². The van der Waals surface area contributed by atoms with Gasteiger partial charge in [0.1, 0.15) is 5.82 Å². The fraction of sp³-hybridized carbons (Fsp3) is 0.619. The van der Waals surface area contributed by atoms with E-state index in [1.165, 1.54) is 12.1 Å². The first-order valence-corrected chi connectivity index (χ1v) is 10.3. The predicted octanol–water partition coefficient (Wildman–Crippen LogP) is 1.93. The molecule has 1 aromatic carbocycles. The van der Waals surface area contributed by atoms with Crippen molar-refractivity contribution in [2.24, 2.45) is 11.8 Å². The van der Waals surface area contributed by atoms with Gasteiger partial charge in [-0.25, -0.2) is 4.39 Å². The van der Waals surface area contributed by atoms with Crippen molar-refractivity contribution >= 4 is 17.5 Å². The van der Waals surface area contributed by atoms with E-state index in [2.05, 4.69) is 22.5 Å². The lowest BCUT2D eigenvalue weighted by Crippen LogP contribution is -2.50. The molecule has 154 valence electrons. The van der Waals surface area contributed by atoms with Gasteiger partial charge in [0.05, 0.1) is 6.54 Å². The molecule has 2 saturated heterocycles. The lowest BCUT2D eigenvalue weighted by molar-refractivity contribution is -0.134. The third-order valence-electron chi connectivity index (χ3n) is 5.91. The molecule has 28 heavy (non-hydrogen) atoms. The number of nitrogens with one attached hydrogen (secondary N) is 2. The van der Waals surface area contributed by atoms with E-state index in [9.17, 15) is 14.0 Å². The number of benzene rings is 1. The van der Waals surface area contributed by atoms with E-state index in [-0.39, 0.29) is 24.2 Å². The van der Waals surface area contributed by atoms with Crippen LogP contribution in [0.1, 0.15) is 26.2 Å². The molecule has 3 rings (SSSR count). The number of piperazine rings is 1. The summed E-state index contributed by atoms with van der Waals surface area (Å²) in [6.07, 6.45) is 2.94. The Morgan fingerprint density at radius 3 is 2.43 bits per heavy atom. The summed E-state index contributed by atoms with van der Waals surface area (Å²) in [7, 11) is 0. The van der Waals surface area contributed by atoms with Gasteiger partial charge in [-0.1, -0.05) is 6.92 Å². The van der Waals surface area contributed by atoms with Gasteiger partial charge in [-0.15, -0.1) is 0 Å². The largest absolute Gasteiger partial charge is 0.340 e. The van der Waals surface area contributed by atoms with E-state index in [0.29, 0.717) is 50.1 Å². The molecule has 0 bridgehead atoms. The number of amides is 2. The highest BCUT2D eigenvalue weighted by Gasteiger charge is 2.26. The monoisotopic (exact) mass is 390 g/mol. The molecule has 1 unspecified atom stereocenters. The molecule has 1 aromatic rings. The molecular formula is C21H31FN4O2. The maximum Gasteiger partial charge on any atom is 0.238 e. The summed E-state index contributed by atoms with van der Waals surface area (Å²) in [5.74, 6) is 0.858. The highest BCUT2D eigenvalue weighted by atomic mass is 19.1. The second-order valence-corrected chi connectivity index (χ2v) is 7.98. The first kappa shape index (κ1) is 20.7. The number of anilines is 1. The Morgan fingerprint density at radius 2 is 1.79 bits per heavy atom. The Hall–Kier alpha value is -1.99. The molecule has 0 spiro atoms. The summed E-state index contributed by atoms with van der Waals surface area (Å²) in [6.45, 7) is 7.33. The topological polar surface area (TPSA) is 64.7 Å². The summed E-state index contributed by atoms with van der Waals surface area (Å²) >= 11 is 0. The van der Waals surface area contributed by atoms with Gasteiger partial charge in [0.25, 0.3) is 0 Å². The van der Waals surface area contributed by atoms with Crippen molar-refractivity contribution in [3.8, 4) is 0 Å². The zero-order valence-electron chi connectivity index (χ0n) is 16.6. The van der Waals surface area contributed by atoms with Crippen LogP contribution in [0.5, 0.6) is 0 Å². The highest BCUT2D eigenvalue weighted by Crippen LogP contribution is 2.25. The lowest BCUT2D eigenvalue weighted by Gasteiger charge is -2.35. The van der Waals surface area contributed by atoms with Crippen LogP contribution in [0.3, 0.4) is 0 Å². The molecule has 0 aliphatic carbocycles. The minimum Gasteiger partial charge on any atom is -0.340 e. The maximum atomic E-state index is 12.9. The van der Waals surface area contributed by atoms with Gasteiger partial charge in [0, 0.05) is 38.3 Å². The van der Waals surface area contributed by atoms with E-state index in [4.69, 9.17) is 0 Å². The summed E-state index contributed by atoms with van der Waals surface area (Å²) in [5, 5.41) is 6.15. The predicted molar refractivity (Wildman–Crippen MR) is 107 cm³/mol. The van der Waals surface area contributed by atoms with Crippen LogP contribution in [0.2, 0.25) is 0 Å². The zero-order valence-corrected chi connectivity index (χ0v) is 16.6. The van der Waals surface area contributed by atoms with Crippen molar-refractivity contribution in [2.75, 3.05) is 51.1 Å². The van der Waals surface area contributed by atoms with Crippen LogP contribution in [0.25, 0.3) is 0 Å². The average molecular weight is 391 g/mol. The third-order valence-corrected chi connectivity index (χ3v) is 5.91. The third kappa shape index (κ3) is 6.01. The van der Waals surface area contributed by atoms with Crippen LogP contribution in [0.15, 0.2) is 24.3 Å². The number of hydrogen-bond acceptors (Lipinski definition) is 4. The number of halogens is 1. The molecule has 2 fully saturated rings. The Morgan fingerprint density at radius 1 is 1.14 bits per heavy atom. The van der Waals surface area contributed by atoms with E-state index < -0.39 is 0 Å². The van der Waals surface area contributed by atoms with Crippen molar-refractivity contribution in [1.29, 1.82) is 0 Å². The Kier molecular flexibility index (Phi) is 7.39. The van der Waals surface area contributed by atoms with Crippen molar-refractivity contribution in [3.05, 3.63) is 30.1 Å². The molecule has 2 amide bonds. The first-order valence-electron chi connectivity index (χ1n) is 10.3. The molecule has 2 aliphatic rings. The van der Waals surface area contributed by atoms with Crippen molar-refractivity contribution < 1.29 is 14.0 Å². The van der Waals surface area contributed by atoms with Crippen LogP contribution >= 0.6 is 0 Å². The summed E-state index contributed by atoms with van der Waals surface area (Å²) in [6, 6.07) is 5.75. The molecule has 6 nitrogen and oxygen atoms in total. The van der Waals surface area contributed by atoms with Crippen LogP contribution in [-0.2, 0) is 9.59 Å². The van der Waals surface area contributed by atoms with Gasteiger partial charge >= 0.3 is 0 Å². The molecule has 7 heteroatoms. The molecule has 0 aromatic heterocycles. The number of carbonyl (C=O) groups is 2. The summed E-state index contributed by atoms with van der Waals surface area (Å²) in [4.78, 5) is 28.8. The molecular weight excluding hydrogens is 359 g/mol. The number of nitrogens with zero attached hydrogens (tertiary/aromatic N) is 2. The molecule has 2 heterocycles. The quantitative estimate of drug-likeness (QED) is 0.779. The lowest BCUT2D eigenvalue weighted by atomic mass is 9.84. The van der Waals surface area contributed by atoms with Crippen LogP contribution in [0.4, 0.5) is 10.1 Å². The minimum absolute atomic E-state index is 0.120. The Balaban J connectivity index is 1.38. The normalized spacial score (nSPS) is 20.0. The molecule has 0 radical (unpaired) electrons. The van der Waals surface area contributed by atoms with E-state index >= 15 is 0 Å². The number of carbonyl (C=O) groups excluding carboxylic acids is 2. The van der Waals surface area contributed by atoms with Gasteiger partial charge in [0.15, 0.2) is 0 Å². The molecule has 2 aliphatic heterocycles. The van der Waals surface area contributed by atoms with E-state index in [0.717, 1.165) is 25.9 Å². The zero-order chi connectivity index (χ0) is 19.9. The fourth-order valence-electron chi connectivity index (χ4n) is 4.08. The van der Waals surface area contributed by atoms with Crippen molar-refractivity contribution in [3.63, 3.8) is 0 Å². The van der Waals surface area contributed by atoms with Crippen LogP contribution < -0.4 is 10.6 Å². The van der Waals surface area contributed by atoms with Gasteiger partial charge in [-0.05, 0) is 62.0 Å². The summed E-state index contributed by atoms with van der Waals surface area (Å²) in [5.41, 5.74) is 0.590. The average Bonchev–Trinajstić information content (AvgIpc) is 2.71. The number of rotatable bonds is 6. The van der Waals surface area contributed by atoms with E-state index in [1.807, 2.05) is 4.90 Å². The fourth-order valence-corrected chi connectivity index (χ4v) is 4.08. The second kappa shape index (κ2) is 9.98. The van der Waals surface area contributed by atoms with E-state index in [1.54, 1.807) is 12.1 Å². The first-order chi connectivity index (χ1) is 13.5. The number of hydrogen-bond donors (Lipinski definition) is 2. The van der Waals surface area contributed by atoms with Gasteiger partial charge in [-0.2, -0.15) is 0 Å². The van der Waals surface area contributed by atoms with Crippen molar-refractivity contribution in [1.82, 2.24) is 15.1 Å². The van der Waals surface area contributed by atoms with Crippen LogP contribution in [0, 0.1) is 17.7 Å². The summed E-state index contributed by atoms with van der Waals surface area (Å²) < 4.78 is 12.9. The highest BCUT2D eigenvalue weighted by molar-refractivity contribution is 5.92. The minimum atomic E-state index is -0.326. The second-order valence-electron chi connectivity index (χ2n) is 7.98. The standard InChI is InChI=1S/C21H31FN4O2/c1-16(17-6-8-23-9-7-17)14-21(28)26-12-10-25(11-13-26)15-20(27)24-19-4-2-18(22)3-5-19/h2-5,16-17,23H,6-15H2,1H3,(H,24,27). The molecule has 0 saturated carbocycles. The number of piperidine rings is 1. The Bertz CT molecular complexity index is 653. The van der Waals surface area contributed by atoms with Crippen molar-refractivity contribution in [2.45, 2.75) is 26.2 Å². The smallest absolute Gasteiger partial charge is 0.238 e. The molecule has 2 N–H and O–H groups in total. The van der Waals surface area contributed by atoms with Gasteiger partial charge in [0.2, 0.25) is 11.8 Å². The molecule has 1 atom stereocenters.